The maximum Gasteiger partial charge on any atom is 0.255 e. The zero-order valence-electron chi connectivity index (χ0n) is 17.8. The number of nitrogens with one attached hydrogen (secondary N) is 1. The van der Waals surface area contributed by atoms with Crippen LogP contribution in [0.2, 0.25) is 0 Å². The molecule has 0 aliphatic carbocycles. The van der Waals surface area contributed by atoms with Gasteiger partial charge in [-0.05, 0) is 55.7 Å². The van der Waals surface area contributed by atoms with Gasteiger partial charge in [0.15, 0.2) is 0 Å². The lowest BCUT2D eigenvalue weighted by atomic mass is 10.0. The summed E-state index contributed by atoms with van der Waals surface area (Å²) in [4.78, 5) is 15.3. The summed E-state index contributed by atoms with van der Waals surface area (Å²) in [5, 5.41) is 7.58. The molecule has 4 rings (SSSR count). The molecule has 7 heteroatoms. The fourth-order valence-electron chi connectivity index (χ4n) is 4.18. The lowest BCUT2D eigenvalue weighted by Crippen LogP contribution is -2.48. The highest BCUT2D eigenvalue weighted by Gasteiger charge is 2.25. The molecule has 1 aliphatic heterocycles. The van der Waals surface area contributed by atoms with Crippen molar-refractivity contribution >= 4 is 11.6 Å². The number of ether oxygens (including phenoxy) is 1. The van der Waals surface area contributed by atoms with E-state index in [1.165, 1.54) is 12.1 Å². The third kappa shape index (κ3) is 4.40. The SMILES string of the molecule is CCc1c(C(=O)NC2CCCN(c3ccccc3OC)C2)cnn1-c1ccc(F)cc1. The number of para-hydroxylation sites is 2. The van der Waals surface area contributed by atoms with E-state index in [1.807, 2.05) is 31.2 Å². The van der Waals surface area contributed by atoms with Crippen molar-refractivity contribution in [3.05, 3.63) is 71.8 Å². The van der Waals surface area contributed by atoms with E-state index in [2.05, 4.69) is 15.3 Å². The molecule has 2 heterocycles. The second-order valence-electron chi connectivity index (χ2n) is 7.68. The minimum Gasteiger partial charge on any atom is -0.495 e. The zero-order valence-corrected chi connectivity index (χ0v) is 17.8. The Bertz CT molecular complexity index is 1050. The average molecular weight is 423 g/mol. The predicted molar refractivity (Wildman–Crippen MR) is 119 cm³/mol. The minimum atomic E-state index is -0.302. The normalized spacial score (nSPS) is 16.2. The summed E-state index contributed by atoms with van der Waals surface area (Å²) in [6.45, 7) is 3.63. The number of carbonyl (C=O) groups excluding carboxylic acids is 1. The van der Waals surface area contributed by atoms with Gasteiger partial charge in [0.2, 0.25) is 0 Å². The van der Waals surface area contributed by atoms with Gasteiger partial charge in [-0.2, -0.15) is 5.10 Å². The van der Waals surface area contributed by atoms with E-state index in [4.69, 9.17) is 4.74 Å². The molecule has 1 unspecified atom stereocenters. The number of amides is 1. The fourth-order valence-corrected chi connectivity index (χ4v) is 4.18. The lowest BCUT2D eigenvalue weighted by Gasteiger charge is -2.35. The Morgan fingerprint density at radius 2 is 2.00 bits per heavy atom. The molecule has 1 atom stereocenters. The maximum atomic E-state index is 13.3. The van der Waals surface area contributed by atoms with E-state index >= 15 is 0 Å². The molecular formula is C24H27FN4O2. The summed E-state index contributed by atoms with van der Waals surface area (Å²) < 4.78 is 20.5. The quantitative estimate of drug-likeness (QED) is 0.653. The van der Waals surface area contributed by atoms with Crippen molar-refractivity contribution in [2.75, 3.05) is 25.1 Å². The van der Waals surface area contributed by atoms with Gasteiger partial charge in [-0.25, -0.2) is 9.07 Å². The third-order valence-corrected chi connectivity index (χ3v) is 5.70. The van der Waals surface area contributed by atoms with Crippen molar-refractivity contribution in [2.45, 2.75) is 32.2 Å². The zero-order chi connectivity index (χ0) is 21.8. The summed E-state index contributed by atoms with van der Waals surface area (Å²) in [7, 11) is 1.67. The van der Waals surface area contributed by atoms with Crippen LogP contribution in [0.3, 0.4) is 0 Å². The van der Waals surface area contributed by atoms with Crippen LogP contribution in [0.5, 0.6) is 5.75 Å². The fraction of sp³-hybridized carbons (Fsp3) is 0.333. The molecule has 0 spiro atoms. The van der Waals surface area contributed by atoms with Crippen LogP contribution in [-0.4, -0.2) is 41.9 Å². The number of halogens is 1. The third-order valence-electron chi connectivity index (χ3n) is 5.70. The smallest absolute Gasteiger partial charge is 0.255 e. The van der Waals surface area contributed by atoms with Gasteiger partial charge in [0.1, 0.15) is 11.6 Å². The van der Waals surface area contributed by atoms with Gasteiger partial charge >= 0.3 is 0 Å². The van der Waals surface area contributed by atoms with Crippen molar-refractivity contribution in [1.82, 2.24) is 15.1 Å². The van der Waals surface area contributed by atoms with E-state index in [-0.39, 0.29) is 17.8 Å². The van der Waals surface area contributed by atoms with Crippen molar-refractivity contribution < 1.29 is 13.9 Å². The largest absolute Gasteiger partial charge is 0.495 e. The topological polar surface area (TPSA) is 59.4 Å². The van der Waals surface area contributed by atoms with Crippen molar-refractivity contribution in [1.29, 1.82) is 0 Å². The van der Waals surface area contributed by atoms with E-state index in [0.717, 1.165) is 48.7 Å². The van der Waals surface area contributed by atoms with E-state index in [0.29, 0.717) is 12.0 Å². The lowest BCUT2D eigenvalue weighted by molar-refractivity contribution is 0.0932. The summed E-state index contributed by atoms with van der Waals surface area (Å²) in [6, 6.07) is 14.1. The minimum absolute atomic E-state index is 0.0324. The van der Waals surface area contributed by atoms with Gasteiger partial charge in [0.25, 0.3) is 5.91 Å². The van der Waals surface area contributed by atoms with Gasteiger partial charge < -0.3 is 15.0 Å². The average Bonchev–Trinajstić information content (AvgIpc) is 3.24. The van der Waals surface area contributed by atoms with Crippen molar-refractivity contribution in [2.24, 2.45) is 0 Å². The highest BCUT2D eigenvalue weighted by molar-refractivity contribution is 5.95. The number of aromatic nitrogens is 2. The molecular weight excluding hydrogens is 395 g/mol. The number of piperidine rings is 1. The molecule has 0 saturated carbocycles. The monoisotopic (exact) mass is 422 g/mol. The van der Waals surface area contributed by atoms with Gasteiger partial charge in [-0.15, -0.1) is 0 Å². The number of anilines is 1. The summed E-state index contributed by atoms with van der Waals surface area (Å²) >= 11 is 0. The molecule has 1 saturated heterocycles. The Labute approximate surface area is 181 Å². The van der Waals surface area contributed by atoms with E-state index < -0.39 is 0 Å². The van der Waals surface area contributed by atoms with Crippen LogP contribution in [0, 0.1) is 5.82 Å². The van der Waals surface area contributed by atoms with Crippen LogP contribution < -0.4 is 15.0 Å². The Morgan fingerprint density at radius 1 is 1.23 bits per heavy atom. The molecule has 2 aromatic carbocycles. The standard InChI is InChI=1S/C24H27FN4O2/c1-3-21-20(15-26-29(21)19-12-10-17(25)11-13-19)24(30)27-18-7-6-14-28(16-18)22-8-4-5-9-23(22)31-2/h4-5,8-13,15,18H,3,6-7,14,16H2,1-2H3,(H,27,30). The van der Waals surface area contributed by atoms with Crippen LogP contribution in [-0.2, 0) is 6.42 Å². The van der Waals surface area contributed by atoms with Crippen molar-refractivity contribution in [3.63, 3.8) is 0 Å². The Balaban J connectivity index is 1.50. The molecule has 1 aromatic heterocycles. The first-order chi connectivity index (χ1) is 15.1. The van der Waals surface area contributed by atoms with E-state index in [1.54, 1.807) is 30.1 Å². The first kappa shape index (κ1) is 20.9. The second kappa shape index (κ2) is 9.20. The molecule has 3 aromatic rings. The Morgan fingerprint density at radius 3 is 2.74 bits per heavy atom. The Kier molecular flexibility index (Phi) is 6.21. The molecule has 6 nitrogen and oxygen atoms in total. The number of nitrogens with zero attached hydrogens (tertiary/aromatic N) is 3. The van der Waals surface area contributed by atoms with Crippen LogP contribution in [0.1, 0.15) is 35.8 Å². The molecule has 0 bridgehead atoms. The van der Waals surface area contributed by atoms with Gasteiger partial charge in [0.05, 0.1) is 35.9 Å². The molecule has 1 amide bonds. The molecule has 1 fully saturated rings. The van der Waals surface area contributed by atoms with Crippen LogP contribution in [0.15, 0.2) is 54.7 Å². The summed E-state index contributed by atoms with van der Waals surface area (Å²) in [5.74, 6) is 0.407. The number of hydrogen-bond donors (Lipinski definition) is 1. The predicted octanol–water partition coefficient (Wildman–Crippen LogP) is 3.98. The van der Waals surface area contributed by atoms with E-state index in [9.17, 15) is 9.18 Å². The Hall–Kier alpha value is -3.35. The molecule has 0 radical (unpaired) electrons. The number of rotatable bonds is 6. The maximum absolute atomic E-state index is 13.3. The number of methoxy groups -OCH3 is 1. The molecule has 1 aliphatic rings. The van der Waals surface area contributed by atoms with Gasteiger partial charge in [0, 0.05) is 19.1 Å². The number of carbonyl (C=O) groups is 1. The molecule has 162 valence electrons. The van der Waals surface area contributed by atoms with Gasteiger partial charge in [-0.3, -0.25) is 4.79 Å². The van der Waals surface area contributed by atoms with Crippen LogP contribution in [0.25, 0.3) is 5.69 Å². The number of hydrogen-bond acceptors (Lipinski definition) is 4. The molecule has 1 N–H and O–H groups in total. The second-order valence-corrected chi connectivity index (χ2v) is 7.68. The number of benzene rings is 2. The first-order valence-electron chi connectivity index (χ1n) is 10.6. The van der Waals surface area contributed by atoms with Crippen LogP contribution >= 0.6 is 0 Å². The highest BCUT2D eigenvalue weighted by Crippen LogP contribution is 2.30. The summed E-state index contributed by atoms with van der Waals surface area (Å²) in [6.07, 6.45) is 4.14. The highest BCUT2D eigenvalue weighted by atomic mass is 19.1. The van der Waals surface area contributed by atoms with Crippen molar-refractivity contribution in [3.8, 4) is 11.4 Å². The first-order valence-corrected chi connectivity index (χ1v) is 10.6. The van der Waals surface area contributed by atoms with Crippen LogP contribution in [0.4, 0.5) is 10.1 Å². The van der Waals surface area contributed by atoms with Gasteiger partial charge in [-0.1, -0.05) is 19.1 Å². The molecule has 31 heavy (non-hydrogen) atoms. The summed E-state index contributed by atoms with van der Waals surface area (Å²) in [5.41, 5.74) is 3.14.